The number of hydrogen-bond donors (Lipinski definition) is 2. The van der Waals surface area contributed by atoms with Crippen molar-refractivity contribution >= 4 is 17.7 Å². The molecule has 1 aromatic heterocycles. The molecule has 0 saturated carbocycles. The molecule has 2 rings (SSSR count). The van der Waals surface area contributed by atoms with Gasteiger partial charge in [-0.05, 0) is 29.8 Å². The third kappa shape index (κ3) is 3.32. The summed E-state index contributed by atoms with van der Waals surface area (Å²) in [5, 5.41) is 0. The average molecular weight is 259 g/mol. The Bertz CT molecular complexity index is 531. The van der Waals surface area contributed by atoms with E-state index in [1.807, 2.05) is 30.3 Å². The van der Waals surface area contributed by atoms with Crippen molar-refractivity contribution in [1.29, 1.82) is 0 Å². The van der Waals surface area contributed by atoms with Crippen LogP contribution in [-0.4, -0.2) is 10.9 Å². The third-order valence-corrected chi connectivity index (χ3v) is 3.46. The van der Waals surface area contributed by atoms with Gasteiger partial charge in [0.25, 0.3) is 5.91 Å². The zero-order valence-corrected chi connectivity index (χ0v) is 10.5. The zero-order chi connectivity index (χ0) is 12.8. The summed E-state index contributed by atoms with van der Waals surface area (Å²) in [6, 6.07) is 11.3. The van der Waals surface area contributed by atoms with Crippen molar-refractivity contribution in [2.24, 2.45) is 5.84 Å². The Morgan fingerprint density at radius 2 is 2.06 bits per heavy atom. The molecule has 0 atom stereocenters. The number of rotatable bonds is 4. The van der Waals surface area contributed by atoms with E-state index < -0.39 is 0 Å². The summed E-state index contributed by atoms with van der Waals surface area (Å²) in [5.41, 5.74) is 3.78. The maximum absolute atomic E-state index is 11.4. The molecule has 0 fully saturated rings. The molecule has 0 saturated heterocycles. The smallest absolute Gasteiger partial charge is 0.265 e. The van der Waals surface area contributed by atoms with Gasteiger partial charge in [0.1, 0.15) is 0 Å². The topological polar surface area (TPSA) is 68.0 Å². The van der Waals surface area contributed by atoms with Crippen molar-refractivity contribution in [3.05, 3.63) is 59.9 Å². The van der Waals surface area contributed by atoms with Crippen LogP contribution in [0, 0.1) is 0 Å². The van der Waals surface area contributed by atoms with Crippen LogP contribution < -0.4 is 11.3 Å². The Hall–Kier alpha value is -1.85. The van der Waals surface area contributed by atoms with E-state index in [4.69, 9.17) is 5.84 Å². The lowest BCUT2D eigenvalue weighted by molar-refractivity contribution is 0.0953. The van der Waals surface area contributed by atoms with E-state index in [-0.39, 0.29) is 5.91 Å². The molecule has 92 valence electrons. The van der Waals surface area contributed by atoms with Crippen molar-refractivity contribution in [2.45, 2.75) is 10.6 Å². The van der Waals surface area contributed by atoms with E-state index in [9.17, 15) is 4.79 Å². The van der Waals surface area contributed by atoms with Crippen LogP contribution >= 0.6 is 11.8 Å². The van der Waals surface area contributed by atoms with E-state index in [2.05, 4.69) is 10.4 Å². The number of nitrogens with zero attached hydrogens (tertiary/aromatic N) is 1. The number of benzene rings is 1. The zero-order valence-electron chi connectivity index (χ0n) is 9.67. The molecule has 4 nitrogen and oxygen atoms in total. The first-order chi connectivity index (χ1) is 8.79. The van der Waals surface area contributed by atoms with Gasteiger partial charge in [0.05, 0.1) is 0 Å². The molecular formula is C13H13N3OS. The molecule has 18 heavy (non-hydrogen) atoms. The summed E-state index contributed by atoms with van der Waals surface area (Å²) in [6.07, 6.45) is 3.53. The van der Waals surface area contributed by atoms with Crippen molar-refractivity contribution in [2.75, 3.05) is 0 Å². The number of hydrazine groups is 1. The Balaban J connectivity index is 2.04. The van der Waals surface area contributed by atoms with E-state index in [1.54, 1.807) is 30.2 Å². The van der Waals surface area contributed by atoms with Crippen LogP contribution in [-0.2, 0) is 5.75 Å². The summed E-state index contributed by atoms with van der Waals surface area (Å²) >= 11 is 1.70. The molecule has 0 aliphatic heterocycles. The molecule has 5 heteroatoms. The quantitative estimate of drug-likeness (QED) is 0.381. The lowest BCUT2D eigenvalue weighted by Crippen LogP contribution is -2.29. The number of nitrogens with two attached hydrogens (primary N) is 1. The van der Waals surface area contributed by atoms with Crippen LogP contribution in [0.1, 0.15) is 15.9 Å². The van der Waals surface area contributed by atoms with Gasteiger partial charge in [-0.1, -0.05) is 12.1 Å². The first-order valence-corrected chi connectivity index (χ1v) is 6.41. The molecule has 0 bridgehead atoms. The molecule has 1 aromatic carbocycles. The van der Waals surface area contributed by atoms with Gasteiger partial charge < -0.3 is 0 Å². The molecule has 0 unspecified atom stereocenters. The van der Waals surface area contributed by atoms with E-state index >= 15 is 0 Å². The first-order valence-electron chi connectivity index (χ1n) is 5.42. The van der Waals surface area contributed by atoms with Crippen LogP contribution in [0.5, 0.6) is 0 Å². The molecular weight excluding hydrogens is 246 g/mol. The van der Waals surface area contributed by atoms with Crippen LogP contribution in [0.4, 0.5) is 0 Å². The number of nitrogen functional groups attached to an aromatic ring is 1. The number of carbonyl (C=O) groups is 1. The largest absolute Gasteiger partial charge is 0.290 e. The van der Waals surface area contributed by atoms with E-state index in [1.165, 1.54) is 0 Å². The number of amides is 1. The minimum absolute atomic E-state index is 0.272. The molecule has 1 amide bonds. The van der Waals surface area contributed by atoms with Crippen molar-refractivity contribution in [3.8, 4) is 0 Å². The van der Waals surface area contributed by atoms with Crippen molar-refractivity contribution in [3.63, 3.8) is 0 Å². The van der Waals surface area contributed by atoms with Crippen molar-refractivity contribution in [1.82, 2.24) is 10.4 Å². The normalized spacial score (nSPS) is 10.1. The highest BCUT2D eigenvalue weighted by Gasteiger charge is 2.04. The fraction of sp³-hybridized carbons (Fsp3) is 0.0769. The SMILES string of the molecule is NNC(=O)c1cccc(CSc2ccncc2)c1. The van der Waals surface area contributed by atoms with Gasteiger partial charge in [0.2, 0.25) is 0 Å². The predicted octanol–water partition coefficient (Wildman–Crippen LogP) is 1.98. The van der Waals surface area contributed by atoms with Crippen LogP contribution in [0.15, 0.2) is 53.7 Å². The van der Waals surface area contributed by atoms with Gasteiger partial charge in [-0.15, -0.1) is 11.8 Å². The molecule has 0 spiro atoms. The Morgan fingerprint density at radius 3 is 2.78 bits per heavy atom. The molecule has 0 radical (unpaired) electrons. The third-order valence-electron chi connectivity index (χ3n) is 2.38. The van der Waals surface area contributed by atoms with Crippen LogP contribution in [0.2, 0.25) is 0 Å². The molecule has 1 heterocycles. The predicted molar refractivity (Wildman–Crippen MR) is 71.9 cm³/mol. The second kappa shape index (κ2) is 6.18. The Kier molecular flexibility index (Phi) is 4.33. The Labute approximate surface area is 110 Å². The summed E-state index contributed by atoms with van der Waals surface area (Å²) in [7, 11) is 0. The van der Waals surface area contributed by atoms with E-state index in [0.29, 0.717) is 5.56 Å². The monoisotopic (exact) mass is 259 g/mol. The molecule has 0 aliphatic carbocycles. The van der Waals surface area contributed by atoms with E-state index in [0.717, 1.165) is 16.2 Å². The maximum Gasteiger partial charge on any atom is 0.265 e. The molecule has 2 aromatic rings. The van der Waals surface area contributed by atoms with Gasteiger partial charge in [-0.25, -0.2) is 5.84 Å². The highest BCUT2D eigenvalue weighted by atomic mass is 32.2. The number of hydrogen-bond acceptors (Lipinski definition) is 4. The van der Waals surface area contributed by atoms with Crippen LogP contribution in [0.3, 0.4) is 0 Å². The number of aromatic nitrogens is 1. The van der Waals surface area contributed by atoms with Gasteiger partial charge >= 0.3 is 0 Å². The maximum atomic E-state index is 11.4. The standard InChI is InChI=1S/C13H13N3OS/c14-16-13(17)11-3-1-2-10(8-11)9-18-12-4-6-15-7-5-12/h1-8H,9,14H2,(H,16,17). The fourth-order valence-corrected chi connectivity index (χ4v) is 2.31. The number of carbonyl (C=O) groups excluding carboxylic acids is 1. The minimum Gasteiger partial charge on any atom is -0.290 e. The average Bonchev–Trinajstić information content (AvgIpc) is 2.45. The lowest BCUT2D eigenvalue weighted by Gasteiger charge is -2.04. The number of thioether (sulfide) groups is 1. The summed E-state index contributed by atoms with van der Waals surface area (Å²) in [4.78, 5) is 16.5. The van der Waals surface area contributed by atoms with Gasteiger partial charge in [-0.2, -0.15) is 0 Å². The summed E-state index contributed by atoms with van der Waals surface area (Å²) in [6.45, 7) is 0. The summed E-state index contributed by atoms with van der Waals surface area (Å²) < 4.78 is 0. The fourth-order valence-electron chi connectivity index (χ4n) is 1.49. The van der Waals surface area contributed by atoms with Gasteiger partial charge in [0, 0.05) is 28.6 Å². The number of nitrogens with one attached hydrogen (secondary N) is 1. The second-order valence-electron chi connectivity index (χ2n) is 3.65. The van der Waals surface area contributed by atoms with Crippen molar-refractivity contribution < 1.29 is 4.79 Å². The summed E-state index contributed by atoms with van der Waals surface area (Å²) in [5.74, 6) is 5.64. The molecule has 0 aliphatic rings. The lowest BCUT2D eigenvalue weighted by atomic mass is 10.1. The first kappa shape index (κ1) is 12.6. The minimum atomic E-state index is -0.272. The van der Waals surface area contributed by atoms with Crippen LogP contribution in [0.25, 0.3) is 0 Å². The molecule has 3 N–H and O–H groups in total. The Morgan fingerprint density at radius 1 is 1.28 bits per heavy atom. The van der Waals surface area contributed by atoms with Gasteiger partial charge in [0.15, 0.2) is 0 Å². The number of pyridine rings is 1. The highest BCUT2D eigenvalue weighted by molar-refractivity contribution is 7.98. The van der Waals surface area contributed by atoms with Gasteiger partial charge in [-0.3, -0.25) is 15.2 Å². The highest BCUT2D eigenvalue weighted by Crippen LogP contribution is 2.22. The second-order valence-corrected chi connectivity index (χ2v) is 4.69.